The number of aromatic nitrogens is 4. The van der Waals surface area contributed by atoms with E-state index in [0.29, 0.717) is 5.82 Å². The second-order valence-electron chi connectivity index (χ2n) is 7.18. The van der Waals surface area contributed by atoms with Crippen molar-refractivity contribution in [3.63, 3.8) is 0 Å². The SMILES string of the molecule is Cc1nc(S(=O)(=O)NC2COCC2n2nc3c(cc2=O)CCCC3)cn1C. The summed E-state index contributed by atoms with van der Waals surface area (Å²) in [5.74, 6) is 0.599. The number of imidazole rings is 1. The van der Waals surface area contributed by atoms with Crippen LogP contribution in [0, 0.1) is 6.92 Å². The van der Waals surface area contributed by atoms with Gasteiger partial charge in [-0.2, -0.15) is 5.10 Å². The van der Waals surface area contributed by atoms with Gasteiger partial charge in [0, 0.05) is 19.3 Å². The number of fused-ring (bicyclic) bond motifs is 1. The molecule has 0 saturated carbocycles. The molecule has 2 aromatic rings. The quantitative estimate of drug-likeness (QED) is 0.788. The van der Waals surface area contributed by atoms with E-state index in [0.717, 1.165) is 36.9 Å². The first-order valence-corrected chi connectivity index (χ1v) is 10.5. The fraction of sp³-hybridized carbons (Fsp3) is 0.588. The normalized spacial score (nSPS) is 22.7. The highest BCUT2D eigenvalue weighted by atomic mass is 32.2. The smallest absolute Gasteiger partial charge is 0.267 e. The maximum absolute atomic E-state index is 12.7. The lowest BCUT2D eigenvalue weighted by Gasteiger charge is -2.22. The lowest BCUT2D eigenvalue weighted by Crippen LogP contribution is -2.44. The molecule has 1 N–H and O–H groups in total. The van der Waals surface area contributed by atoms with Gasteiger partial charge < -0.3 is 9.30 Å². The van der Waals surface area contributed by atoms with Crippen molar-refractivity contribution in [3.05, 3.63) is 39.7 Å². The molecular formula is C17H23N5O4S. The summed E-state index contributed by atoms with van der Waals surface area (Å²) >= 11 is 0. The molecule has 0 aromatic carbocycles. The molecule has 2 aliphatic rings. The fourth-order valence-electron chi connectivity index (χ4n) is 3.63. The third kappa shape index (κ3) is 3.44. The minimum absolute atomic E-state index is 0.0427. The van der Waals surface area contributed by atoms with Crippen molar-refractivity contribution in [3.8, 4) is 0 Å². The van der Waals surface area contributed by atoms with Gasteiger partial charge in [0.2, 0.25) is 0 Å². The highest BCUT2D eigenvalue weighted by Gasteiger charge is 2.36. The molecular weight excluding hydrogens is 370 g/mol. The average Bonchev–Trinajstić information content (AvgIpc) is 3.21. The molecule has 1 saturated heterocycles. The number of ether oxygens (including phenoxy) is 1. The maximum Gasteiger partial charge on any atom is 0.267 e. The topological polar surface area (TPSA) is 108 Å². The number of hydrogen-bond donors (Lipinski definition) is 1. The molecule has 1 aliphatic carbocycles. The lowest BCUT2D eigenvalue weighted by atomic mass is 9.97. The van der Waals surface area contributed by atoms with E-state index in [-0.39, 0.29) is 23.8 Å². The van der Waals surface area contributed by atoms with Gasteiger partial charge in [0.1, 0.15) is 5.82 Å². The molecule has 4 rings (SSSR count). The number of aryl methyl sites for hydroxylation is 4. The molecule has 2 aromatic heterocycles. The standard InChI is InChI=1S/C17H23N5O4S/c1-11-18-16(8-21(11)2)27(24,25)20-14-9-26-10-15(14)22-17(23)7-12-5-3-4-6-13(12)19-22/h7-8,14-15,20H,3-6,9-10H2,1-2H3. The molecule has 27 heavy (non-hydrogen) atoms. The molecule has 1 aliphatic heterocycles. The highest BCUT2D eigenvalue weighted by molar-refractivity contribution is 7.89. The largest absolute Gasteiger partial charge is 0.377 e. The molecule has 10 heteroatoms. The molecule has 1 fully saturated rings. The lowest BCUT2D eigenvalue weighted by molar-refractivity contribution is 0.181. The molecule has 0 spiro atoms. The third-order valence-corrected chi connectivity index (χ3v) is 6.63. The monoisotopic (exact) mass is 393 g/mol. The van der Waals surface area contributed by atoms with E-state index in [1.165, 1.54) is 10.9 Å². The summed E-state index contributed by atoms with van der Waals surface area (Å²) in [6.45, 7) is 2.15. The number of hydrogen-bond acceptors (Lipinski definition) is 6. The first kappa shape index (κ1) is 18.3. The van der Waals surface area contributed by atoms with E-state index in [4.69, 9.17) is 4.74 Å². The van der Waals surface area contributed by atoms with Crippen molar-refractivity contribution in [2.24, 2.45) is 7.05 Å². The van der Waals surface area contributed by atoms with Gasteiger partial charge in [0.15, 0.2) is 5.03 Å². The summed E-state index contributed by atoms with van der Waals surface area (Å²) in [5.41, 5.74) is 1.71. The van der Waals surface area contributed by atoms with Crippen LogP contribution in [0.1, 0.15) is 36.0 Å². The van der Waals surface area contributed by atoms with Crippen LogP contribution in [-0.4, -0.2) is 47.0 Å². The fourth-order valence-corrected chi connectivity index (χ4v) is 4.92. The average molecular weight is 393 g/mol. The summed E-state index contributed by atoms with van der Waals surface area (Å²) in [5, 5.41) is 4.49. The molecule has 2 unspecified atom stereocenters. The molecule has 0 amide bonds. The van der Waals surface area contributed by atoms with E-state index in [9.17, 15) is 13.2 Å². The zero-order valence-corrected chi connectivity index (χ0v) is 16.2. The summed E-state index contributed by atoms with van der Waals surface area (Å²) < 4.78 is 36.5. The Morgan fingerprint density at radius 1 is 1.26 bits per heavy atom. The Bertz CT molecular complexity index is 1010. The van der Waals surface area contributed by atoms with Crippen molar-refractivity contribution >= 4 is 10.0 Å². The molecule has 146 valence electrons. The predicted octanol–water partition coefficient (Wildman–Crippen LogP) is 0.0824. The Kier molecular flexibility index (Phi) is 4.65. The van der Waals surface area contributed by atoms with Gasteiger partial charge in [-0.05, 0) is 38.2 Å². The van der Waals surface area contributed by atoms with Gasteiger partial charge in [0.25, 0.3) is 15.6 Å². The molecule has 0 bridgehead atoms. The second kappa shape index (κ2) is 6.84. The van der Waals surface area contributed by atoms with Crippen molar-refractivity contribution < 1.29 is 13.2 Å². The zero-order valence-electron chi connectivity index (χ0n) is 15.4. The van der Waals surface area contributed by atoms with Gasteiger partial charge in [-0.3, -0.25) is 4.79 Å². The van der Waals surface area contributed by atoms with Crippen LogP contribution in [0.25, 0.3) is 0 Å². The second-order valence-corrected chi connectivity index (χ2v) is 8.84. The van der Waals surface area contributed by atoms with Crippen LogP contribution in [0.4, 0.5) is 0 Å². The van der Waals surface area contributed by atoms with E-state index < -0.39 is 22.1 Å². The zero-order chi connectivity index (χ0) is 19.2. The molecule has 0 radical (unpaired) electrons. The summed E-state index contributed by atoms with van der Waals surface area (Å²) in [6.07, 6.45) is 5.29. The first-order valence-electron chi connectivity index (χ1n) is 9.07. The number of nitrogens with zero attached hydrogens (tertiary/aromatic N) is 4. The summed E-state index contributed by atoms with van der Waals surface area (Å²) in [4.78, 5) is 16.6. The van der Waals surface area contributed by atoms with Gasteiger partial charge in [0.05, 0.1) is 31.0 Å². The molecule has 9 nitrogen and oxygen atoms in total. The number of sulfonamides is 1. The Hall–Kier alpha value is -2.04. The van der Waals surface area contributed by atoms with E-state index in [1.54, 1.807) is 24.6 Å². The Balaban J connectivity index is 1.62. The van der Waals surface area contributed by atoms with Crippen molar-refractivity contribution in [2.75, 3.05) is 13.2 Å². The van der Waals surface area contributed by atoms with Crippen LogP contribution >= 0.6 is 0 Å². The van der Waals surface area contributed by atoms with Crippen LogP contribution < -0.4 is 10.3 Å². The minimum Gasteiger partial charge on any atom is -0.377 e. The van der Waals surface area contributed by atoms with E-state index >= 15 is 0 Å². The predicted molar refractivity (Wildman–Crippen MR) is 97.0 cm³/mol. The Labute approximate surface area is 157 Å². The van der Waals surface area contributed by atoms with Gasteiger partial charge in [-0.25, -0.2) is 22.8 Å². The van der Waals surface area contributed by atoms with Crippen LogP contribution in [0.3, 0.4) is 0 Å². The van der Waals surface area contributed by atoms with Crippen LogP contribution in [0.5, 0.6) is 0 Å². The van der Waals surface area contributed by atoms with Gasteiger partial charge >= 0.3 is 0 Å². The molecule has 2 atom stereocenters. The highest BCUT2D eigenvalue weighted by Crippen LogP contribution is 2.22. The van der Waals surface area contributed by atoms with Crippen molar-refractivity contribution in [1.82, 2.24) is 24.1 Å². The Morgan fingerprint density at radius 2 is 2.04 bits per heavy atom. The van der Waals surface area contributed by atoms with E-state index in [1.807, 2.05) is 0 Å². The molecule has 3 heterocycles. The summed E-state index contributed by atoms with van der Waals surface area (Å²) in [7, 11) is -2.09. The van der Waals surface area contributed by atoms with Crippen LogP contribution in [-0.2, 0) is 34.6 Å². The van der Waals surface area contributed by atoms with Crippen molar-refractivity contribution in [2.45, 2.75) is 49.7 Å². The van der Waals surface area contributed by atoms with Crippen LogP contribution in [0.2, 0.25) is 0 Å². The van der Waals surface area contributed by atoms with Gasteiger partial charge in [-0.15, -0.1) is 0 Å². The Morgan fingerprint density at radius 3 is 2.78 bits per heavy atom. The number of rotatable bonds is 4. The van der Waals surface area contributed by atoms with Gasteiger partial charge in [-0.1, -0.05) is 0 Å². The van der Waals surface area contributed by atoms with Crippen molar-refractivity contribution in [1.29, 1.82) is 0 Å². The maximum atomic E-state index is 12.7. The first-order chi connectivity index (χ1) is 12.8. The van der Waals surface area contributed by atoms with Crippen LogP contribution in [0.15, 0.2) is 22.1 Å². The van der Waals surface area contributed by atoms with E-state index in [2.05, 4.69) is 14.8 Å². The third-order valence-electron chi connectivity index (χ3n) is 5.27. The summed E-state index contributed by atoms with van der Waals surface area (Å²) in [6, 6.07) is 0.571. The number of nitrogens with one attached hydrogen (secondary N) is 1. The minimum atomic E-state index is -3.82.